The standard InChI is InChI=1S/C12H18N4S/c1-2-15-3-5-16(6-4-15)11-7-10(12(13)17)8-14-9-11/h7-9H,2-6H2,1H3,(H2,13,17). The lowest BCUT2D eigenvalue weighted by molar-refractivity contribution is 0.271. The monoisotopic (exact) mass is 250 g/mol. The second kappa shape index (κ2) is 5.42. The molecule has 1 aromatic heterocycles. The van der Waals surface area contributed by atoms with Crippen LogP contribution in [0.25, 0.3) is 0 Å². The molecule has 2 N–H and O–H groups in total. The molecule has 2 heterocycles. The van der Waals surface area contributed by atoms with Gasteiger partial charge in [0.25, 0.3) is 0 Å². The van der Waals surface area contributed by atoms with Crippen molar-refractivity contribution < 1.29 is 0 Å². The van der Waals surface area contributed by atoms with Crippen LogP contribution in [-0.2, 0) is 0 Å². The molecule has 1 aliphatic rings. The van der Waals surface area contributed by atoms with Gasteiger partial charge >= 0.3 is 0 Å². The van der Waals surface area contributed by atoms with E-state index in [0.717, 1.165) is 44.0 Å². The van der Waals surface area contributed by atoms with Gasteiger partial charge in [-0.1, -0.05) is 19.1 Å². The Kier molecular flexibility index (Phi) is 3.91. The Morgan fingerprint density at radius 1 is 1.35 bits per heavy atom. The van der Waals surface area contributed by atoms with Crippen molar-refractivity contribution in [3.63, 3.8) is 0 Å². The fraction of sp³-hybridized carbons (Fsp3) is 0.500. The number of anilines is 1. The first-order valence-electron chi connectivity index (χ1n) is 5.93. The average molecular weight is 250 g/mol. The summed E-state index contributed by atoms with van der Waals surface area (Å²) in [5.41, 5.74) is 7.58. The molecule has 0 spiro atoms. The van der Waals surface area contributed by atoms with Gasteiger partial charge in [-0.2, -0.15) is 0 Å². The maximum atomic E-state index is 5.62. The van der Waals surface area contributed by atoms with Crippen LogP contribution in [0.4, 0.5) is 5.69 Å². The lowest BCUT2D eigenvalue weighted by atomic mass is 10.2. The summed E-state index contributed by atoms with van der Waals surface area (Å²) in [6.45, 7) is 7.61. The number of nitrogens with zero attached hydrogens (tertiary/aromatic N) is 3. The third kappa shape index (κ3) is 2.92. The van der Waals surface area contributed by atoms with Gasteiger partial charge in [-0.25, -0.2) is 0 Å². The average Bonchev–Trinajstić information content (AvgIpc) is 2.39. The minimum Gasteiger partial charge on any atom is -0.389 e. The number of hydrogen-bond donors (Lipinski definition) is 1. The summed E-state index contributed by atoms with van der Waals surface area (Å²) in [5, 5.41) is 0. The molecule has 0 bridgehead atoms. The molecule has 17 heavy (non-hydrogen) atoms. The topological polar surface area (TPSA) is 45.4 Å². The summed E-state index contributed by atoms with van der Waals surface area (Å²) in [4.78, 5) is 9.39. The predicted octanol–water partition coefficient (Wildman–Crippen LogP) is 0.858. The first-order valence-corrected chi connectivity index (χ1v) is 6.33. The Labute approximate surface area is 107 Å². The number of pyridine rings is 1. The Balaban J connectivity index is 2.08. The van der Waals surface area contributed by atoms with Gasteiger partial charge in [0, 0.05) is 37.9 Å². The van der Waals surface area contributed by atoms with Gasteiger partial charge in [-0.15, -0.1) is 0 Å². The van der Waals surface area contributed by atoms with Crippen LogP contribution in [0.2, 0.25) is 0 Å². The van der Waals surface area contributed by atoms with Crippen LogP contribution in [-0.4, -0.2) is 47.6 Å². The van der Waals surface area contributed by atoms with Gasteiger partial charge in [0.05, 0.1) is 11.9 Å². The largest absolute Gasteiger partial charge is 0.389 e. The molecule has 0 aliphatic carbocycles. The highest BCUT2D eigenvalue weighted by Crippen LogP contribution is 2.16. The first-order chi connectivity index (χ1) is 8.20. The van der Waals surface area contributed by atoms with Crippen LogP contribution < -0.4 is 10.6 Å². The lowest BCUT2D eigenvalue weighted by Gasteiger charge is -2.35. The van der Waals surface area contributed by atoms with Crippen molar-refractivity contribution in [3.8, 4) is 0 Å². The highest BCUT2D eigenvalue weighted by atomic mass is 32.1. The number of aromatic nitrogens is 1. The lowest BCUT2D eigenvalue weighted by Crippen LogP contribution is -2.46. The number of hydrogen-bond acceptors (Lipinski definition) is 4. The molecule has 2 rings (SSSR count). The second-order valence-corrected chi connectivity index (χ2v) is 4.66. The van der Waals surface area contributed by atoms with E-state index in [2.05, 4.69) is 21.7 Å². The summed E-state index contributed by atoms with van der Waals surface area (Å²) in [5.74, 6) is 0. The van der Waals surface area contributed by atoms with Crippen LogP contribution in [0.5, 0.6) is 0 Å². The van der Waals surface area contributed by atoms with E-state index in [-0.39, 0.29) is 0 Å². The molecular formula is C12H18N4S. The molecule has 1 aliphatic heterocycles. The van der Waals surface area contributed by atoms with Crippen LogP contribution >= 0.6 is 12.2 Å². The summed E-state index contributed by atoms with van der Waals surface area (Å²) in [6.07, 6.45) is 3.59. The summed E-state index contributed by atoms with van der Waals surface area (Å²) in [6, 6.07) is 2.02. The predicted molar refractivity (Wildman–Crippen MR) is 74.5 cm³/mol. The van der Waals surface area contributed by atoms with Crippen molar-refractivity contribution in [2.24, 2.45) is 5.73 Å². The minimum atomic E-state index is 0.409. The van der Waals surface area contributed by atoms with E-state index in [1.165, 1.54) is 0 Å². The van der Waals surface area contributed by atoms with E-state index in [1.807, 2.05) is 12.3 Å². The highest BCUT2D eigenvalue weighted by molar-refractivity contribution is 7.80. The number of nitrogens with two attached hydrogens (primary N) is 1. The van der Waals surface area contributed by atoms with E-state index in [0.29, 0.717) is 4.99 Å². The zero-order valence-electron chi connectivity index (χ0n) is 10.1. The van der Waals surface area contributed by atoms with Gasteiger partial charge in [-0.05, 0) is 12.6 Å². The molecule has 1 saturated heterocycles. The maximum absolute atomic E-state index is 5.62. The molecule has 1 fully saturated rings. The van der Waals surface area contributed by atoms with E-state index in [4.69, 9.17) is 18.0 Å². The zero-order chi connectivity index (χ0) is 12.3. The van der Waals surface area contributed by atoms with Crippen molar-refractivity contribution in [2.75, 3.05) is 37.6 Å². The molecule has 0 atom stereocenters. The van der Waals surface area contributed by atoms with Crippen molar-refractivity contribution in [1.29, 1.82) is 0 Å². The van der Waals surface area contributed by atoms with Crippen LogP contribution in [0.1, 0.15) is 12.5 Å². The van der Waals surface area contributed by atoms with Crippen molar-refractivity contribution in [2.45, 2.75) is 6.92 Å². The second-order valence-electron chi connectivity index (χ2n) is 4.22. The smallest absolute Gasteiger partial charge is 0.105 e. The molecular weight excluding hydrogens is 232 g/mol. The molecule has 0 aromatic carbocycles. The normalized spacial score (nSPS) is 17.1. The highest BCUT2D eigenvalue weighted by Gasteiger charge is 2.16. The van der Waals surface area contributed by atoms with Crippen molar-refractivity contribution >= 4 is 22.9 Å². The fourth-order valence-corrected chi connectivity index (χ4v) is 2.17. The van der Waals surface area contributed by atoms with Crippen molar-refractivity contribution in [3.05, 3.63) is 24.0 Å². The third-order valence-electron chi connectivity index (χ3n) is 3.19. The number of piperazine rings is 1. The number of thiocarbonyl (C=S) groups is 1. The Bertz CT molecular complexity index is 399. The molecule has 0 radical (unpaired) electrons. The molecule has 0 amide bonds. The van der Waals surface area contributed by atoms with E-state index in [9.17, 15) is 0 Å². The van der Waals surface area contributed by atoms with Crippen LogP contribution in [0, 0.1) is 0 Å². The van der Waals surface area contributed by atoms with Crippen LogP contribution in [0.15, 0.2) is 18.5 Å². The summed E-state index contributed by atoms with van der Waals surface area (Å²) >= 11 is 4.97. The van der Waals surface area contributed by atoms with Gasteiger partial charge < -0.3 is 15.5 Å². The van der Waals surface area contributed by atoms with Gasteiger partial charge in [0.15, 0.2) is 0 Å². The Morgan fingerprint density at radius 3 is 2.65 bits per heavy atom. The van der Waals surface area contributed by atoms with E-state index >= 15 is 0 Å². The number of likely N-dealkylation sites (N-methyl/N-ethyl adjacent to an activating group) is 1. The Hall–Kier alpha value is -1.20. The molecule has 5 heteroatoms. The Morgan fingerprint density at radius 2 is 2.06 bits per heavy atom. The molecule has 0 unspecified atom stereocenters. The van der Waals surface area contributed by atoms with E-state index in [1.54, 1.807) is 6.20 Å². The van der Waals surface area contributed by atoms with Gasteiger partial charge in [0.2, 0.25) is 0 Å². The molecule has 92 valence electrons. The summed E-state index contributed by atoms with van der Waals surface area (Å²) < 4.78 is 0. The summed E-state index contributed by atoms with van der Waals surface area (Å²) in [7, 11) is 0. The van der Waals surface area contributed by atoms with Gasteiger partial charge in [0.1, 0.15) is 4.99 Å². The van der Waals surface area contributed by atoms with Crippen molar-refractivity contribution in [1.82, 2.24) is 9.88 Å². The van der Waals surface area contributed by atoms with Crippen LogP contribution in [0.3, 0.4) is 0 Å². The van der Waals surface area contributed by atoms with E-state index < -0.39 is 0 Å². The SMILES string of the molecule is CCN1CCN(c2cncc(C(N)=S)c2)CC1. The quantitative estimate of drug-likeness (QED) is 0.806. The number of rotatable bonds is 3. The molecule has 1 aromatic rings. The maximum Gasteiger partial charge on any atom is 0.105 e. The third-order valence-corrected chi connectivity index (χ3v) is 3.43. The zero-order valence-corrected chi connectivity index (χ0v) is 10.9. The first kappa shape index (κ1) is 12.3. The molecule has 0 saturated carbocycles. The van der Waals surface area contributed by atoms with Gasteiger partial charge in [-0.3, -0.25) is 4.98 Å². The molecule has 4 nitrogen and oxygen atoms in total. The fourth-order valence-electron chi connectivity index (χ4n) is 2.06. The minimum absolute atomic E-state index is 0.409.